The van der Waals surface area contributed by atoms with Crippen molar-refractivity contribution in [3.63, 3.8) is 0 Å². The van der Waals surface area contributed by atoms with E-state index in [-0.39, 0.29) is 5.91 Å². The summed E-state index contributed by atoms with van der Waals surface area (Å²) in [5.41, 5.74) is 0.511. The third-order valence-electron chi connectivity index (χ3n) is 2.15. The molecule has 1 atom stereocenters. The predicted molar refractivity (Wildman–Crippen MR) is 56.2 cm³/mol. The van der Waals surface area contributed by atoms with Crippen molar-refractivity contribution in [3.05, 3.63) is 35.9 Å². The van der Waals surface area contributed by atoms with E-state index in [1.54, 1.807) is 31.2 Å². The highest BCUT2D eigenvalue weighted by Crippen LogP contribution is 2.01. The molecular formula is C11H15NO3. The van der Waals surface area contributed by atoms with E-state index in [0.29, 0.717) is 12.0 Å². The molecule has 0 bridgehead atoms. The van der Waals surface area contributed by atoms with E-state index in [9.17, 15) is 4.79 Å². The fourth-order valence-corrected chi connectivity index (χ4v) is 1.23. The molecule has 1 amide bonds. The largest absolute Gasteiger partial charge is 0.366 e. The highest BCUT2D eigenvalue weighted by molar-refractivity contribution is 5.94. The molecule has 0 saturated heterocycles. The lowest BCUT2D eigenvalue weighted by Gasteiger charge is -2.18. The van der Waals surface area contributed by atoms with E-state index in [2.05, 4.69) is 5.32 Å². The SMILES string of the molecule is CCC(NC(=O)c1ccccc1)C(O)O. The van der Waals surface area contributed by atoms with Crippen LogP contribution >= 0.6 is 0 Å². The van der Waals surface area contributed by atoms with Gasteiger partial charge in [0.15, 0.2) is 6.29 Å². The molecule has 0 aromatic heterocycles. The highest BCUT2D eigenvalue weighted by Gasteiger charge is 2.17. The summed E-state index contributed by atoms with van der Waals surface area (Å²) in [7, 11) is 0. The maximum absolute atomic E-state index is 11.6. The minimum Gasteiger partial charge on any atom is -0.366 e. The van der Waals surface area contributed by atoms with Crippen molar-refractivity contribution < 1.29 is 15.0 Å². The molecule has 0 aliphatic carbocycles. The van der Waals surface area contributed by atoms with Crippen molar-refractivity contribution >= 4 is 5.91 Å². The van der Waals surface area contributed by atoms with Crippen molar-refractivity contribution in [3.8, 4) is 0 Å². The third-order valence-corrected chi connectivity index (χ3v) is 2.15. The van der Waals surface area contributed by atoms with Gasteiger partial charge in [0.1, 0.15) is 0 Å². The third kappa shape index (κ3) is 3.34. The molecule has 4 nitrogen and oxygen atoms in total. The monoisotopic (exact) mass is 209 g/mol. The number of nitrogens with one attached hydrogen (secondary N) is 1. The van der Waals surface area contributed by atoms with Gasteiger partial charge in [-0.1, -0.05) is 25.1 Å². The first-order chi connectivity index (χ1) is 7.15. The van der Waals surface area contributed by atoms with Crippen LogP contribution in [0.25, 0.3) is 0 Å². The standard InChI is InChI=1S/C11H15NO3/c1-2-9(11(14)15)12-10(13)8-6-4-3-5-7-8/h3-7,9,11,14-15H,2H2,1H3,(H,12,13). The lowest BCUT2D eigenvalue weighted by Crippen LogP contribution is -2.42. The first kappa shape index (κ1) is 11.7. The fourth-order valence-electron chi connectivity index (χ4n) is 1.23. The van der Waals surface area contributed by atoms with Gasteiger partial charge < -0.3 is 15.5 Å². The first-order valence-corrected chi connectivity index (χ1v) is 4.87. The second-order valence-electron chi connectivity index (χ2n) is 3.27. The average Bonchev–Trinajstić information content (AvgIpc) is 2.26. The summed E-state index contributed by atoms with van der Waals surface area (Å²) in [4.78, 5) is 11.6. The molecule has 15 heavy (non-hydrogen) atoms. The molecule has 3 N–H and O–H groups in total. The zero-order valence-electron chi connectivity index (χ0n) is 8.55. The van der Waals surface area contributed by atoms with Gasteiger partial charge in [-0.2, -0.15) is 0 Å². The Kier molecular flexibility index (Phi) is 4.27. The van der Waals surface area contributed by atoms with Crippen molar-refractivity contribution in [1.29, 1.82) is 0 Å². The van der Waals surface area contributed by atoms with E-state index >= 15 is 0 Å². The second-order valence-corrected chi connectivity index (χ2v) is 3.27. The number of amides is 1. The Hall–Kier alpha value is -1.39. The van der Waals surface area contributed by atoms with E-state index in [1.807, 2.05) is 6.07 Å². The van der Waals surface area contributed by atoms with Crippen LogP contribution in [0.2, 0.25) is 0 Å². The lowest BCUT2D eigenvalue weighted by atomic mass is 10.1. The molecule has 1 rings (SSSR count). The molecule has 1 aromatic rings. The van der Waals surface area contributed by atoms with Crippen molar-refractivity contribution in [2.75, 3.05) is 0 Å². The predicted octanol–water partition coefficient (Wildman–Crippen LogP) is 0.506. The Bertz CT molecular complexity index is 311. The van der Waals surface area contributed by atoms with Crippen molar-refractivity contribution in [1.82, 2.24) is 5.32 Å². The van der Waals surface area contributed by atoms with Crippen LogP contribution in [0.15, 0.2) is 30.3 Å². The minimum absolute atomic E-state index is 0.296. The van der Waals surface area contributed by atoms with Gasteiger partial charge in [0.2, 0.25) is 0 Å². The van der Waals surface area contributed by atoms with Gasteiger partial charge in [-0.25, -0.2) is 0 Å². The molecule has 4 heteroatoms. The van der Waals surface area contributed by atoms with Crippen LogP contribution in [0, 0.1) is 0 Å². The normalized spacial score (nSPS) is 12.5. The molecule has 0 aliphatic heterocycles. The molecule has 0 aliphatic rings. The van der Waals surface area contributed by atoms with Gasteiger partial charge in [0.05, 0.1) is 6.04 Å². The number of carbonyl (C=O) groups excluding carboxylic acids is 1. The molecular weight excluding hydrogens is 194 g/mol. The zero-order chi connectivity index (χ0) is 11.3. The Morgan fingerprint density at radius 1 is 1.33 bits per heavy atom. The smallest absolute Gasteiger partial charge is 0.251 e. The summed E-state index contributed by atoms with van der Waals surface area (Å²) in [5, 5.41) is 20.4. The maximum Gasteiger partial charge on any atom is 0.251 e. The van der Waals surface area contributed by atoms with Crippen LogP contribution in [-0.4, -0.2) is 28.5 Å². The van der Waals surface area contributed by atoms with E-state index in [0.717, 1.165) is 0 Å². The summed E-state index contributed by atoms with van der Waals surface area (Å²) < 4.78 is 0. The van der Waals surface area contributed by atoms with Gasteiger partial charge in [0.25, 0.3) is 5.91 Å². The van der Waals surface area contributed by atoms with E-state index < -0.39 is 12.3 Å². The summed E-state index contributed by atoms with van der Waals surface area (Å²) in [6.45, 7) is 1.77. The van der Waals surface area contributed by atoms with Gasteiger partial charge in [-0.05, 0) is 18.6 Å². The molecule has 0 radical (unpaired) electrons. The number of benzene rings is 1. The van der Waals surface area contributed by atoms with Crippen LogP contribution < -0.4 is 5.32 Å². The number of hydrogen-bond acceptors (Lipinski definition) is 3. The Morgan fingerprint density at radius 3 is 2.40 bits per heavy atom. The molecule has 0 spiro atoms. The van der Waals surface area contributed by atoms with Gasteiger partial charge in [0, 0.05) is 5.56 Å². The quantitative estimate of drug-likeness (QED) is 0.633. The van der Waals surface area contributed by atoms with Crippen LogP contribution in [-0.2, 0) is 0 Å². The van der Waals surface area contributed by atoms with E-state index in [4.69, 9.17) is 10.2 Å². The van der Waals surface area contributed by atoms with Crippen LogP contribution in [0.1, 0.15) is 23.7 Å². The molecule has 0 saturated carbocycles. The maximum atomic E-state index is 11.6. The zero-order valence-corrected chi connectivity index (χ0v) is 8.55. The number of hydrogen-bond donors (Lipinski definition) is 3. The molecule has 1 unspecified atom stereocenters. The van der Waals surface area contributed by atoms with Gasteiger partial charge in [-0.3, -0.25) is 4.79 Å². The Balaban J connectivity index is 2.63. The Morgan fingerprint density at radius 2 is 1.93 bits per heavy atom. The molecule has 82 valence electrons. The highest BCUT2D eigenvalue weighted by atomic mass is 16.5. The topological polar surface area (TPSA) is 69.6 Å². The number of aliphatic hydroxyl groups excluding tert-OH is 1. The van der Waals surface area contributed by atoms with Gasteiger partial charge in [-0.15, -0.1) is 0 Å². The summed E-state index contributed by atoms with van der Waals surface area (Å²) >= 11 is 0. The second kappa shape index (κ2) is 5.48. The lowest BCUT2D eigenvalue weighted by molar-refractivity contribution is -0.0656. The van der Waals surface area contributed by atoms with E-state index in [1.165, 1.54) is 0 Å². The van der Waals surface area contributed by atoms with Gasteiger partial charge >= 0.3 is 0 Å². The fraction of sp³-hybridized carbons (Fsp3) is 0.364. The molecule has 0 heterocycles. The molecule has 0 fully saturated rings. The van der Waals surface area contributed by atoms with Crippen LogP contribution in [0.5, 0.6) is 0 Å². The summed E-state index contributed by atoms with van der Waals surface area (Å²) in [6, 6.07) is 8.04. The average molecular weight is 209 g/mol. The minimum atomic E-state index is -1.53. The molecule has 1 aromatic carbocycles. The summed E-state index contributed by atoms with van der Waals surface area (Å²) in [5.74, 6) is -0.296. The number of rotatable bonds is 4. The van der Waals surface area contributed by atoms with Crippen molar-refractivity contribution in [2.45, 2.75) is 25.7 Å². The number of carbonyl (C=O) groups is 1. The van der Waals surface area contributed by atoms with Crippen LogP contribution in [0.3, 0.4) is 0 Å². The first-order valence-electron chi connectivity index (χ1n) is 4.87. The summed E-state index contributed by atoms with van der Waals surface area (Å²) in [6.07, 6.45) is -1.06. The van der Waals surface area contributed by atoms with Crippen molar-refractivity contribution in [2.24, 2.45) is 0 Å². The Labute approximate surface area is 88.6 Å². The number of aliphatic hydroxyl groups is 2. The van der Waals surface area contributed by atoms with Crippen LogP contribution in [0.4, 0.5) is 0 Å².